The number of nitrogens with one attached hydrogen (secondary N) is 1. The van der Waals surface area contributed by atoms with Gasteiger partial charge in [0.2, 0.25) is 0 Å². The Kier molecular flexibility index (Phi) is 5.34. The molecule has 1 fully saturated rings. The van der Waals surface area contributed by atoms with Crippen molar-refractivity contribution in [1.29, 1.82) is 0 Å². The first-order chi connectivity index (χ1) is 15.3. The molecule has 11 heteroatoms. The van der Waals surface area contributed by atoms with E-state index in [1.165, 1.54) is 11.8 Å². The van der Waals surface area contributed by atoms with Crippen LogP contribution in [0.15, 0.2) is 45.8 Å². The lowest BCUT2D eigenvalue weighted by atomic mass is 10.1. The van der Waals surface area contributed by atoms with Crippen LogP contribution in [-0.4, -0.2) is 62.1 Å². The van der Waals surface area contributed by atoms with Crippen LogP contribution in [0.1, 0.15) is 24.2 Å². The Morgan fingerprint density at radius 3 is 2.69 bits per heavy atom. The van der Waals surface area contributed by atoms with Crippen molar-refractivity contribution in [2.45, 2.75) is 31.0 Å². The second-order valence-electron chi connectivity index (χ2n) is 8.12. The Labute approximate surface area is 190 Å². The highest BCUT2D eigenvalue weighted by atomic mass is 32.2. The van der Waals surface area contributed by atoms with Crippen molar-refractivity contribution in [1.82, 2.24) is 4.98 Å². The molecule has 0 saturated carbocycles. The number of pyridine rings is 1. The number of ether oxygens (including phenoxy) is 1. The van der Waals surface area contributed by atoms with E-state index >= 15 is 0 Å². The van der Waals surface area contributed by atoms with Crippen LogP contribution >= 0.6 is 11.8 Å². The number of aromatic nitrogens is 1. The number of carbonyl (C=O) groups excluding carboxylic acids is 1. The van der Waals surface area contributed by atoms with E-state index in [0.717, 1.165) is 29.5 Å². The van der Waals surface area contributed by atoms with Crippen LogP contribution in [-0.2, 0) is 14.8 Å². The first-order valence-corrected chi connectivity index (χ1v) is 12.8. The average molecular weight is 474 g/mol. The van der Waals surface area contributed by atoms with Gasteiger partial charge in [-0.3, -0.25) is 4.79 Å². The molecule has 3 aliphatic heterocycles. The molecule has 5 rings (SSSR count). The van der Waals surface area contributed by atoms with E-state index in [0.29, 0.717) is 23.0 Å². The summed E-state index contributed by atoms with van der Waals surface area (Å²) in [7, 11) is -3.41. The Balaban J connectivity index is 1.28. The highest BCUT2D eigenvalue weighted by Gasteiger charge is 2.33. The van der Waals surface area contributed by atoms with Crippen molar-refractivity contribution in [2.24, 2.45) is 4.40 Å². The molecule has 32 heavy (non-hydrogen) atoms. The standard InChI is InChI=1S/C21H23N5O4S2/c1-13-11-25(12-14(2)30-13)19-6-4-16(10-22-19)23-20(27)15-3-5-17-18(9-15)31-21-24-32(28,29)8-7-26(17)21/h3-6,9-10,13-14H,7-8,11-12H2,1-2H3,(H,23,27). The van der Waals surface area contributed by atoms with Crippen LogP contribution in [0.4, 0.5) is 17.2 Å². The minimum atomic E-state index is -3.41. The fourth-order valence-electron chi connectivity index (χ4n) is 4.09. The van der Waals surface area contributed by atoms with Crippen molar-refractivity contribution < 1.29 is 17.9 Å². The van der Waals surface area contributed by atoms with Crippen LogP contribution in [0.3, 0.4) is 0 Å². The number of amidine groups is 1. The molecule has 3 aliphatic rings. The van der Waals surface area contributed by atoms with Crippen molar-refractivity contribution >= 4 is 50.1 Å². The first-order valence-electron chi connectivity index (χ1n) is 10.4. The van der Waals surface area contributed by atoms with Gasteiger partial charge in [-0.25, -0.2) is 13.4 Å². The molecular weight excluding hydrogens is 450 g/mol. The van der Waals surface area contributed by atoms with Gasteiger partial charge in [0.25, 0.3) is 15.9 Å². The van der Waals surface area contributed by atoms with Gasteiger partial charge in [-0.15, -0.1) is 4.40 Å². The van der Waals surface area contributed by atoms with Crippen LogP contribution in [0.2, 0.25) is 0 Å². The number of rotatable bonds is 3. The molecule has 2 atom stereocenters. The zero-order valence-electron chi connectivity index (χ0n) is 17.7. The van der Waals surface area contributed by atoms with E-state index in [2.05, 4.69) is 19.6 Å². The molecule has 2 unspecified atom stereocenters. The maximum Gasteiger partial charge on any atom is 0.257 e. The Morgan fingerprint density at radius 1 is 1.19 bits per heavy atom. The van der Waals surface area contributed by atoms with Crippen molar-refractivity contribution in [2.75, 3.05) is 40.5 Å². The summed E-state index contributed by atoms with van der Waals surface area (Å²) in [5.74, 6) is 0.589. The topological polar surface area (TPSA) is 104 Å². The third-order valence-electron chi connectivity index (χ3n) is 5.48. The molecule has 1 amide bonds. The highest BCUT2D eigenvalue weighted by molar-refractivity contribution is 8.15. The largest absolute Gasteiger partial charge is 0.372 e. The summed E-state index contributed by atoms with van der Waals surface area (Å²) in [6.45, 7) is 6.01. The zero-order chi connectivity index (χ0) is 22.5. The van der Waals surface area contributed by atoms with Crippen LogP contribution in [0.25, 0.3) is 0 Å². The quantitative estimate of drug-likeness (QED) is 0.725. The van der Waals surface area contributed by atoms with Crippen LogP contribution in [0, 0.1) is 0 Å². The van der Waals surface area contributed by atoms with Gasteiger partial charge in [-0.05, 0) is 55.9 Å². The molecule has 168 valence electrons. The van der Waals surface area contributed by atoms with E-state index in [-0.39, 0.29) is 23.9 Å². The highest BCUT2D eigenvalue weighted by Crippen LogP contribution is 2.42. The molecule has 1 N–H and O–H groups in total. The molecule has 9 nitrogen and oxygen atoms in total. The van der Waals surface area contributed by atoms with Crippen LogP contribution < -0.4 is 15.1 Å². The first kappa shape index (κ1) is 21.2. The molecule has 1 saturated heterocycles. The Hall–Kier alpha value is -2.63. The zero-order valence-corrected chi connectivity index (χ0v) is 19.3. The van der Waals surface area contributed by atoms with Gasteiger partial charge in [0.15, 0.2) is 5.17 Å². The fraction of sp³-hybridized carbons (Fsp3) is 0.381. The fourth-order valence-corrected chi connectivity index (χ4v) is 6.38. The number of anilines is 3. The number of hydrogen-bond acceptors (Lipinski definition) is 8. The number of hydrogen-bond donors (Lipinski definition) is 1. The van der Waals surface area contributed by atoms with Gasteiger partial charge >= 0.3 is 0 Å². The lowest BCUT2D eigenvalue weighted by Crippen LogP contribution is -2.45. The number of morpholine rings is 1. The maximum atomic E-state index is 12.8. The molecule has 4 heterocycles. The smallest absolute Gasteiger partial charge is 0.257 e. The predicted molar refractivity (Wildman–Crippen MR) is 125 cm³/mol. The van der Waals surface area contributed by atoms with Gasteiger partial charge in [-0.2, -0.15) is 0 Å². The van der Waals surface area contributed by atoms with Crippen molar-refractivity contribution in [3.63, 3.8) is 0 Å². The summed E-state index contributed by atoms with van der Waals surface area (Å²) in [6.07, 6.45) is 1.94. The lowest BCUT2D eigenvalue weighted by molar-refractivity contribution is -0.00545. The van der Waals surface area contributed by atoms with Crippen molar-refractivity contribution in [3.05, 3.63) is 42.1 Å². The third-order valence-corrected chi connectivity index (χ3v) is 7.79. The SMILES string of the molecule is CC1CN(c2ccc(NC(=O)c3ccc4c(c3)SC3=NS(=O)(=O)CCN34)cn2)CC(C)O1. The van der Waals surface area contributed by atoms with E-state index in [1.54, 1.807) is 18.3 Å². The number of benzene rings is 1. The van der Waals surface area contributed by atoms with Gasteiger partial charge < -0.3 is 19.9 Å². The second kappa shape index (κ2) is 8.05. The molecule has 2 aromatic rings. The average Bonchev–Trinajstić information content (AvgIpc) is 3.08. The Morgan fingerprint density at radius 2 is 1.97 bits per heavy atom. The summed E-state index contributed by atoms with van der Waals surface area (Å²) in [5, 5.41) is 3.32. The number of fused-ring (bicyclic) bond motifs is 3. The number of sulfonamides is 1. The van der Waals surface area contributed by atoms with E-state index < -0.39 is 10.0 Å². The maximum absolute atomic E-state index is 12.8. The number of nitrogens with zero attached hydrogens (tertiary/aromatic N) is 4. The lowest BCUT2D eigenvalue weighted by Gasteiger charge is -2.36. The number of carbonyl (C=O) groups is 1. The molecule has 0 bridgehead atoms. The summed E-state index contributed by atoms with van der Waals surface area (Å²) in [6, 6.07) is 9.07. The molecule has 1 aromatic carbocycles. The molecule has 1 aromatic heterocycles. The van der Waals surface area contributed by atoms with Gasteiger partial charge in [-0.1, -0.05) is 0 Å². The molecule has 0 aliphatic carbocycles. The normalized spacial score (nSPS) is 23.9. The monoisotopic (exact) mass is 473 g/mol. The van der Waals surface area contributed by atoms with Crippen molar-refractivity contribution in [3.8, 4) is 0 Å². The molecular formula is C21H23N5O4S2. The van der Waals surface area contributed by atoms with Crippen LogP contribution in [0.5, 0.6) is 0 Å². The predicted octanol–water partition coefficient (Wildman–Crippen LogP) is 2.56. The summed E-state index contributed by atoms with van der Waals surface area (Å²) in [4.78, 5) is 22.2. The van der Waals surface area contributed by atoms with E-state index in [1.807, 2.05) is 36.9 Å². The molecule has 0 radical (unpaired) electrons. The third kappa shape index (κ3) is 4.19. The van der Waals surface area contributed by atoms with Gasteiger partial charge in [0.05, 0.1) is 35.5 Å². The second-order valence-corrected chi connectivity index (χ2v) is 10.9. The summed E-state index contributed by atoms with van der Waals surface area (Å²) in [5.41, 5.74) is 1.97. The number of thioether (sulfide) groups is 1. The summed E-state index contributed by atoms with van der Waals surface area (Å²) < 4.78 is 33.2. The Bertz CT molecular complexity index is 1190. The number of amides is 1. The van der Waals surface area contributed by atoms with E-state index in [9.17, 15) is 13.2 Å². The van der Waals surface area contributed by atoms with E-state index in [4.69, 9.17) is 4.74 Å². The minimum Gasteiger partial charge on any atom is -0.372 e. The van der Waals surface area contributed by atoms with Gasteiger partial charge in [0.1, 0.15) is 5.82 Å². The summed E-state index contributed by atoms with van der Waals surface area (Å²) >= 11 is 1.27. The minimum absolute atomic E-state index is 0.00991. The van der Waals surface area contributed by atoms with Gasteiger partial charge in [0, 0.05) is 30.1 Å². The molecule has 0 spiro atoms.